The quantitative estimate of drug-likeness (QED) is 0.675. The Kier molecular flexibility index (Phi) is 4.69. The van der Waals surface area contributed by atoms with Crippen LogP contribution in [-0.4, -0.2) is 21.8 Å². The second kappa shape index (κ2) is 6.89. The fraction of sp³-hybridized carbons (Fsp3) is 0.143. The molecule has 0 fully saturated rings. The Labute approximate surface area is 133 Å². The minimum absolute atomic E-state index is 0.154. The van der Waals surface area contributed by atoms with Crippen LogP contribution in [0.4, 0.5) is 8.78 Å². The summed E-state index contributed by atoms with van der Waals surface area (Å²) in [7, 11) is 0. The van der Waals surface area contributed by atoms with E-state index in [-0.39, 0.29) is 5.75 Å². The van der Waals surface area contributed by atoms with Crippen LogP contribution in [0.5, 0.6) is 5.75 Å². The van der Waals surface area contributed by atoms with Gasteiger partial charge in [-0.05, 0) is 29.1 Å². The molecular weight excluding hydrogens is 328 g/mol. The van der Waals surface area contributed by atoms with Crippen LogP contribution >= 0.6 is 23.1 Å². The monoisotopic (exact) mass is 339 g/mol. The highest BCUT2D eigenvalue weighted by atomic mass is 32.2. The van der Waals surface area contributed by atoms with E-state index < -0.39 is 6.61 Å². The minimum atomic E-state index is -2.80. The van der Waals surface area contributed by atoms with Gasteiger partial charge in [-0.15, -0.1) is 16.4 Å². The molecular formula is C14H11F2N3OS2. The first kappa shape index (κ1) is 15.0. The second-order valence-corrected chi connectivity index (χ2v) is 6.15. The summed E-state index contributed by atoms with van der Waals surface area (Å²) in [5.74, 6) is 1.55. The summed E-state index contributed by atoms with van der Waals surface area (Å²) in [6, 6.07) is 10.5. The van der Waals surface area contributed by atoms with Crippen molar-refractivity contribution in [3.8, 4) is 16.5 Å². The molecule has 0 radical (unpaired) electrons. The molecule has 3 rings (SSSR count). The van der Waals surface area contributed by atoms with Crippen molar-refractivity contribution in [1.29, 1.82) is 0 Å². The van der Waals surface area contributed by atoms with Gasteiger partial charge < -0.3 is 4.74 Å². The molecule has 0 spiro atoms. The van der Waals surface area contributed by atoms with Gasteiger partial charge in [0.25, 0.3) is 0 Å². The van der Waals surface area contributed by atoms with Gasteiger partial charge in [-0.2, -0.15) is 8.78 Å². The molecule has 2 aromatic heterocycles. The zero-order valence-electron chi connectivity index (χ0n) is 11.2. The number of aromatic amines is 1. The van der Waals surface area contributed by atoms with Gasteiger partial charge in [-0.1, -0.05) is 30.0 Å². The second-order valence-electron chi connectivity index (χ2n) is 4.26. The van der Waals surface area contributed by atoms with Crippen molar-refractivity contribution in [3.63, 3.8) is 0 Å². The molecule has 0 aliphatic heterocycles. The Morgan fingerprint density at radius 1 is 1.23 bits per heavy atom. The van der Waals surface area contributed by atoms with Crippen LogP contribution in [0.25, 0.3) is 10.7 Å². The Hall–Kier alpha value is -1.93. The predicted octanol–water partition coefficient (Wildman–Crippen LogP) is 4.43. The molecule has 22 heavy (non-hydrogen) atoms. The molecule has 0 atom stereocenters. The van der Waals surface area contributed by atoms with Gasteiger partial charge in [-0.3, -0.25) is 5.10 Å². The van der Waals surface area contributed by atoms with Gasteiger partial charge in [0, 0.05) is 5.75 Å². The molecule has 2 heterocycles. The van der Waals surface area contributed by atoms with Crippen LogP contribution in [0.2, 0.25) is 0 Å². The standard InChI is InChI=1S/C14H11F2N3OS2/c15-13(16)20-10-5-3-9(4-6-10)8-22-14-17-12(18-19-14)11-2-1-7-21-11/h1-7,13H,8H2,(H,17,18,19). The molecule has 4 nitrogen and oxygen atoms in total. The van der Waals surface area contributed by atoms with Crippen LogP contribution < -0.4 is 4.74 Å². The number of thioether (sulfide) groups is 1. The summed E-state index contributed by atoms with van der Waals surface area (Å²) < 4.78 is 28.4. The third-order valence-electron chi connectivity index (χ3n) is 2.74. The normalized spacial score (nSPS) is 11.0. The lowest BCUT2D eigenvalue weighted by Gasteiger charge is -2.04. The Morgan fingerprint density at radius 2 is 2.05 bits per heavy atom. The van der Waals surface area contributed by atoms with Crippen LogP contribution in [0.15, 0.2) is 46.9 Å². The number of benzene rings is 1. The Balaban J connectivity index is 1.58. The summed E-state index contributed by atoms with van der Waals surface area (Å²) >= 11 is 3.07. The van der Waals surface area contributed by atoms with Gasteiger partial charge in [-0.25, -0.2) is 4.98 Å². The lowest BCUT2D eigenvalue weighted by molar-refractivity contribution is -0.0498. The molecule has 1 aromatic carbocycles. The zero-order chi connectivity index (χ0) is 15.4. The Bertz CT molecular complexity index is 714. The summed E-state index contributed by atoms with van der Waals surface area (Å²) in [5, 5.41) is 9.68. The highest BCUT2D eigenvalue weighted by molar-refractivity contribution is 7.98. The molecule has 3 aromatic rings. The van der Waals surface area contributed by atoms with Crippen molar-refractivity contribution in [3.05, 3.63) is 47.3 Å². The van der Waals surface area contributed by atoms with E-state index in [2.05, 4.69) is 19.9 Å². The van der Waals surface area contributed by atoms with Crippen LogP contribution in [0.1, 0.15) is 5.56 Å². The molecule has 0 saturated carbocycles. The summed E-state index contributed by atoms with van der Waals surface area (Å²) in [5.41, 5.74) is 0.981. The maximum Gasteiger partial charge on any atom is 0.387 e. The number of nitrogens with one attached hydrogen (secondary N) is 1. The molecule has 0 aliphatic carbocycles. The predicted molar refractivity (Wildman–Crippen MR) is 82.3 cm³/mol. The van der Waals surface area contributed by atoms with Crippen molar-refractivity contribution in [2.45, 2.75) is 17.5 Å². The molecule has 1 N–H and O–H groups in total. The van der Waals surface area contributed by atoms with Crippen molar-refractivity contribution in [1.82, 2.24) is 15.2 Å². The summed E-state index contributed by atoms with van der Waals surface area (Å²) in [6.45, 7) is -2.80. The van der Waals surface area contributed by atoms with Crippen LogP contribution in [0, 0.1) is 0 Å². The average Bonchev–Trinajstić information content (AvgIpc) is 3.17. The highest BCUT2D eigenvalue weighted by Gasteiger charge is 2.08. The Morgan fingerprint density at radius 3 is 2.73 bits per heavy atom. The lowest BCUT2D eigenvalue weighted by atomic mass is 10.2. The van der Waals surface area contributed by atoms with E-state index in [4.69, 9.17) is 0 Å². The fourth-order valence-corrected chi connectivity index (χ4v) is 3.17. The number of hydrogen-bond donors (Lipinski definition) is 1. The van der Waals surface area contributed by atoms with E-state index in [1.54, 1.807) is 23.5 Å². The summed E-state index contributed by atoms with van der Waals surface area (Å²) in [4.78, 5) is 5.44. The third kappa shape index (κ3) is 3.83. The largest absolute Gasteiger partial charge is 0.435 e. The molecule has 114 valence electrons. The lowest BCUT2D eigenvalue weighted by Crippen LogP contribution is -2.01. The molecule has 0 saturated heterocycles. The van der Waals surface area contributed by atoms with E-state index in [0.717, 1.165) is 16.3 Å². The number of thiophene rings is 1. The van der Waals surface area contributed by atoms with Gasteiger partial charge in [0.1, 0.15) is 5.75 Å². The number of nitrogens with zero attached hydrogens (tertiary/aromatic N) is 2. The topological polar surface area (TPSA) is 50.8 Å². The van der Waals surface area contributed by atoms with E-state index in [0.29, 0.717) is 10.9 Å². The zero-order valence-corrected chi connectivity index (χ0v) is 12.8. The van der Waals surface area contributed by atoms with Crippen molar-refractivity contribution in [2.24, 2.45) is 0 Å². The molecule has 0 unspecified atom stereocenters. The SMILES string of the molecule is FC(F)Oc1ccc(CSc2n[nH]c(-c3cccs3)n2)cc1. The maximum atomic E-state index is 12.1. The van der Waals surface area contributed by atoms with E-state index in [1.807, 2.05) is 17.5 Å². The average molecular weight is 339 g/mol. The first-order chi connectivity index (χ1) is 10.7. The molecule has 0 amide bonds. The number of halogens is 2. The van der Waals surface area contributed by atoms with Crippen LogP contribution in [0.3, 0.4) is 0 Å². The van der Waals surface area contributed by atoms with Crippen molar-refractivity contribution < 1.29 is 13.5 Å². The first-order valence-corrected chi connectivity index (χ1v) is 8.20. The summed E-state index contributed by atoms with van der Waals surface area (Å²) in [6.07, 6.45) is 0. The van der Waals surface area contributed by atoms with Gasteiger partial charge in [0.2, 0.25) is 5.16 Å². The van der Waals surface area contributed by atoms with Crippen LogP contribution in [-0.2, 0) is 5.75 Å². The van der Waals surface area contributed by atoms with E-state index in [9.17, 15) is 8.78 Å². The number of aromatic nitrogens is 3. The van der Waals surface area contributed by atoms with E-state index >= 15 is 0 Å². The van der Waals surface area contributed by atoms with Gasteiger partial charge in [0.15, 0.2) is 5.82 Å². The minimum Gasteiger partial charge on any atom is -0.435 e. The third-order valence-corrected chi connectivity index (χ3v) is 4.53. The number of ether oxygens (including phenoxy) is 1. The van der Waals surface area contributed by atoms with Crippen molar-refractivity contribution in [2.75, 3.05) is 0 Å². The molecule has 0 aliphatic rings. The number of alkyl halides is 2. The van der Waals surface area contributed by atoms with Gasteiger partial charge >= 0.3 is 6.61 Å². The highest BCUT2D eigenvalue weighted by Crippen LogP contribution is 2.25. The first-order valence-electron chi connectivity index (χ1n) is 6.33. The fourth-order valence-electron chi connectivity index (χ4n) is 1.75. The number of rotatable bonds is 6. The molecule has 0 bridgehead atoms. The van der Waals surface area contributed by atoms with E-state index in [1.165, 1.54) is 23.9 Å². The van der Waals surface area contributed by atoms with Gasteiger partial charge in [0.05, 0.1) is 4.88 Å². The number of hydrogen-bond acceptors (Lipinski definition) is 5. The maximum absolute atomic E-state index is 12.1. The smallest absolute Gasteiger partial charge is 0.387 e. The molecule has 8 heteroatoms. The van der Waals surface area contributed by atoms with Crippen molar-refractivity contribution >= 4 is 23.1 Å². The number of H-pyrrole nitrogens is 1.